The fraction of sp³-hybridized carbons (Fsp3) is 0.375. The van der Waals surface area contributed by atoms with Crippen molar-refractivity contribution in [3.63, 3.8) is 0 Å². The lowest BCUT2D eigenvalue weighted by atomic mass is 9.90. The maximum atomic E-state index is 12.3. The normalized spacial score (nSPS) is 13.2. The Balaban J connectivity index is 2.55. The highest BCUT2D eigenvalue weighted by atomic mass is 35.5. The molecule has 2 N–H and O–H groups in total. The van der Waals surface area contributed by atoms with E-state index in [1.165, 1.54) is 4.68 Å². The Labute approximate surface area is 129 Å². The summed E-state index contributed by atoms with van der Waals surface area (Å²) >= 11 is 5.89. The van der Waals surface area contributed by atoms with Crippen molar-refractivity contribution in [2.75, 3.05) is 0 Å². The van der Waals surface area contributed by atoms with Crippen molar-refractivity contribution in [2.24, 2.45) is 12.8 Å². The van der Waals surface area contributed by atoms with Crippen LogP contribution in [0.4, 0.5) is 0 Å². The monoisotopic (exact) mass is 305 g/mol. The topological polar surface area (TPSA) is 60.9 Å². The maximum Gasteiger partial charge on any atom is 0.271 e. The van der Waals surface area contributed by atoms with Crippen LogP contribution in [0.15, 0.2) is 35.1 Å². The van der Waals surface area contributed by atoms with Gasteiger partial charge >= 0.3 is 0 Å². The third kappa shape index (κ3) is 3.34. The third-order valence-corrected chi connectivity index (χ3v) is 3.68. The summed E-state index contributed by atoms with van der Waals surface area (Å²) in [5.74, 6) is 0. The molecule has 0 saturated carbocycles. The number of aromatic nitrogens is 2. The summed E-state index contributed by atoms with van der Waals surface area (Å²) in [5, 5.41) is 4.96. The quantitative estimate of drug-likeness (QED) is 0.928. The number of nitrogens with zero attached hydrogens (tertiary/aromatic N) is 2. The average Bonchev–Trinajstić information content (AvgIpc) is 2.40. The predicted molar refractivity (Wildman–Crippen MR) is 85.7 cm³/mol. The standard InChI is InChI=1S/C16H20ClN3O/c1-16(2,3)13-9-12(15(21)20(4)19-13)14(18)10-5-7-11(17)8-6-10/h5-9,14H,18H2,1-4H3. The molecule has 0 saturated heterocycles. The van der Waals surface area contributed by atoms with Crippen LogP contribution in [-0.4, -0.2) is 9.78 Å². The van der Waals surface area contributed by atoms with Crippen LogP contribution < -0.4 is 11.3 Å². The Bertz CT molecular complexity index is 699. The van der Waals surface area contributed by atoms with Crippen LogP contribution in [0.5, 0.6) is 0 Å². The molecule has 0 aliphatic heterocycles. The first kappa shape index (κ1) is 15.7. The SMILES string of the molecule is Cn1nc(C(C)(C)C)cc(C(N)c2ccc(Cl)cc2)c1=O. The van der Waals surface area contributed by atoms with Crippen molar-refractivity contribution >= 4 is 11.6 Å². The van der Waals surface area contributed by atoms with Gasteiger partial charge < -0.3 is 5.73 Å². The first-order valence-electron chi connectivity index (χ1n) is 6.80. The maximum absolute atomic E-state index is 12.3. The highest BCUT2D eigenvalue weighted by Crippen LogP contribution is 2.24. The second kappa shape index (κ2) is 5.62. The van der Waals surface area contributed by atoms with Crippen LogP contribution in [0.25, 0.3) is 0 Å². The van der Waals surface area contributed by atoms with Gasteiger partial charge in [0, 0.05) is 23.0 Å². The van der Waals surface area contributed by atoms with E-state index in [1.807, 2.05) is 18.2 Å². The molecule has 0 bridgehead atoms. The van der Waals surface area contributed by atoms with Crippen LogP contribution in [0.1, 0.15) is 43.6 Å². The molecule has 21 heavy (non-hydrogen) atoms. The molecule has 0 aliphatic carbocycles. The second-order valence-electron chi connectivity index (χ2n) is 6.19. The van der Waals surface area contributed by atoms with E-state index in [4.69, 9.17) is 17.3 Å². The molecule has 0 aliphatic rings. The fourth-order valence-electron chi connectivity index (χ4n) is 2.07. The number of halogens is 1. The van der Waals surface area contributed by atoms with Gasteiger partial charge in [0.25, 0.3) is 5.56 Å². The molecule has 0 radical (unpaired) electrons. The fourth-order valence-corrected chi connectivity index (χ4v) is 2.20. The zero-order valence-electron chi connectivity index (χ0n) is 12.7. The molecule has 0 spiro atoms. The van der Waals surface area contributed by atoms with Gasteiger partial charge in [0.15, 0.2) is 0 Å². The molecule has 5 heteroatoms. The van der Waals surface area contributed by atoms with Gasteiger partial charge in [0.1, 0.15) is 0 Å². The summed E-state index contributed by atoms with van der Waals surface area (Å²) in [7, 11) is 1.65. The molecule has 112 valence electrons. The second-order valence-corrected chi connectivity index (χ2v) is 6.63. The van der Waals surface area contributed by atoms with Crippen LogP contribution in [0.2, 0.25) is 5.02 Å². The van der Waals surface area contributed by atoms with Crippen LogP contribution in [0.3, 0.4) is 0 Å². The van der Waals surface area contributed by atoms with Crippen molar-refractivity contribution < 1.29 is 0 Å². The van der Waals surface area contributed by atoms with E-state index < -0.39 is 6.04 Å². The highest BCUT2D eigenvalue weighted by Gasteiger charge is 2.21. The largest absolute Gasteiger partial charge is 0.320 e. The summed E-state index contributed by atoms with van der Waals surface area (Å²) in [6, 6.07) is 8.53. The van der Waals surface area contributed by atoms with Gasteiger partial charge in [-0.1, -0.05) is 44.5 Å². The lowest BCUT2D eigenvalue weighted by Gasteiger charge is -2.21. The van der Waals surface area contributed by atoms with E-state index in [1.54, 1.807) is 19.2 Å². The van der Waals surface area contributed by atoms with Gasteiger partial charge in [-0.2, -0.15) is 5.10 Å². The number of aryl methyl sites for hydroxylation is 1. The van der Waals surface area contributed by atoms with Gasteiger partial charge in [-0.15, -0.1) is 0 Å². The van der Waals surface area contributed by atoms with Gasteiger partial charge in [-0.05, 0) is 23.8 Å². The Morgan fingerprint density at radius 3 is 2.33 bits per heavy atom. The van der Waals surface area contributed by atoms with E-state index in [2.05, 4.69) is 25.9 Å². The molecule has 1 aromatic heterocycles. The third-order valence-electron chi connectivity index (χ3n) is 3.42. The van der Waals surface area contributed by atoms with Gasteiger partial charge in [0.2, 0.25) is 0 Å². The number of hydrogen-bond acceptors (Lipinski definition) is 3. The van der Waals surface area contributed by atoms with Crippen LogP contribution in [0, 0.1) is 0 Å². The number of rotatable bonds is 2. The first-order chi connectivity index (χ1) is 9.70. The van der Waals surface area contributed by atoms with Gasteiger partial charge in [-0.25, -0.2) is 4.68 Å². The van der Waals surface area contributed by atoms with E-state index in [9.17, 15) is 4.79 Å². The minimum absolute atomic E-state index is 0.153. The Morgan fingerprint density at radius 2 is 1.81 bits per heavy atom. The van der Waals surface area contributed by atoms with Crippen molar-refractivity contribution in [3.05, 3.63) is 62.5 Å². The van der Waals surface area contributed by atoms with Gasteiger partial charge in [0.05, 0.1) is 11.7 Å². The molecule has 1 heterocycles. The number of nitrogens with two attached hydrogens (primary N) is 1. The molecule has 1 aromatic carbocycles. The van der Waals surface area contributed by atoms with Crippen molar-refractivity contribution in [1.82, 2.24) is 9.78 Å². The van der Waals surface area contributed by atoms with E-state index in [0.29, 0.717) is 10.6 Å². The molecule has 2 rings (SSSR count). The predicted octanol–water partition coefficient (Wildman–Crippen LogP) is 2.78. The molecule has 0 amide bonds. The molecule has 0 fully saturated rings. The lowest BCUT2D eigenvalue weighted by molar-refractivity contribution is 0.525. The van der Waals surface area contributed by atoms with Crippen molar-refractivity contribution in [3.8, 4) is 0 Å². The highest BCUT2D eigenvalue weighted by molar-refractivity contribution is 6.30. The Kier molecular flexibility index (Phi) is 4.21. The average molecular weight is 306 g/mol. The van der Waals surface area contributed by atoms with E-state index >= 15 is 0 Å². The minimum atomic E-state index is -0.495. The summed E-state index contributed by atoms with van der Waals surface area (Å²) in [6.45, 7) is 6.16. The summed E-state index contributed by atoms with van der Waals surface area (Å²) in [4.78, 5) is 12.3. The molecule has 2 aromatic rings. The zero-order chi connectivity index (χ0) is 15.8. The minimum Gasteiger partial charge on any atom is -0.320 e. The Hall–Kier alpha value is -1.65. The van der Waals surface area contributed by atoms with Crippen LogP contribution >= 0.6 is 11.6 Å². The molecular weight excluding hydrogens is 286 g/mol. The lowest BCUT2D eigenvalue weighted by Crippen LogP contribution is -2.32. The van der Waals surface area contributed by atoms with Crippen LogP contribution in [-0.2, 0) is 12.5 Å². The smallest absolute Gasteiger partial charge is 0.271 e. The summed E-state index contributed by atoms with van der Waals surface area (Å²) < 4.78 is 1.35. The van der Waals surface area contributed by atoms with Crippen molar-refractivity contribution in [2.45, 2.75) is 32.2 Å². The Morgan fingerprint density at radius 1 is 1.24 bits per heavy atom. The first-order valence-corrected chi connectivity index (χ1v) is 7.17. The number of hydrogen-bond donors (Lipinski definition) is 1. The molecule has 1 unspecified atom stereocenters. The number of benzene rings is 1. The van der Waals surface area contributed by atoms with E-state index in [-0.39, 0.29) is 11.0 Å². The molecule has 4 nitrogen and oxygen atoms in total. The van der Waals surface area contributed by atoms with E-state index in [0.717, 1.165) is 11.3 Å². The summed E-state index contributed by atoms with van der Waals surface area (Å²) in [6.07, 6.45) is 0. The molecule has 1 atom stereocenters. The van der Waals surface area contributed by atoms with Crippen molar-refractivity contribution in [1.29, 1.82) is 0 Å². The van der Waals surface area contributed by atoms with Gasteiger partial charge in [-0.3, -0.25) is 4.79 Å². The zero-order valence-corrected chi connectivity index (χ0v) is 13.5. The molecular formula is C16H20ClN3O. The summed E-state index contributed by atoms with van der Waals surface area (Å²) in [5.41, 5.74) is 8.16.